The molecule has 1 heterocycles. The van der Waals surface area contributed by atoms with Crippen LogP contribution in [0.25, 0.3) is 0 Å². The minimum absolute atomic E-state index is 0.385. The molecule has 3 N–H and O–H groups in total. The van der Waals surface area contributed by atoms with Crippen molar-refractivity contribution >= 4 is 15.7 Å². The molecule has 1 aromatic carbocycles. The summed E-state index contributed by atoms with van der Waals surface area (Å²) >= 11 is 0. The van der Waals surface area contributed by atoms with Gasteiger partial charge in [0.25, 0.3) is 15.6 Å². The van der Waals surface area contributed by atoms with E-state index in [1.165, 1.54) is 0 Å². The smallest absolute Gasteiger partial charge is 0.313 e. The lowest BCUT2D eigenvalue weighted by molar-refractivity contribution is 0.599. The number of H-pyrrole nitrogens is 2. The molecule has 7 nitrogen and oxygen atoms in total. The van der Waals surface area contributed by atoms with Crippen LogP contribution in [0.15, 0.2) is 38.9 Å². The highest BCUT2D eigenvalue weighted by Crippen LogP contribution is 2.20. The third kappa shape index (κ3) is 2.64. The van der Waals surface area contributed by atoms with Gasteiger partial charge >= 0.3 is 5.69 Å². The van der Waals surface area contributed by atoms with Crippen molar-refractivity contribution < 1.29 is 8.42 Å². The average Bonchev–Trinajstić information content (AvgIpc) is 2.34. The minimum atomic E-state index is -4.06. The number of anilines is 1. The highest BCUT2D eigenvalue weighted by molar-refractivity contribution is 7.92. The Morgan fingerprint density at radius 3 is 2.50 bits per heavy atom. The Morgan fingerprint density at radius 2 is 1.85 bits per heavy atom. The van der Waals surface area contributed by atoms with Crippen LogP contribution in [0.4, 0.5) is 5.69 Å². The Morgan fingerprint density at radius 1 is 1.15 bits per heavy atom. The van der Waals surface area contributed by atoms with Crippen LogP contribution in [-0.4, -0.2) is 18.4 Å². The number of rotatable bonds is 3. The number of hydrogen-bond donors (Lipinski definition) is 3. The molecule has 8 heteroatoms. The van der Waals surface area contributed by atoms with Gasteiger partial charge in [-0.1, -0.05) is 12.1 Å². The summed E-state index contributed by atoms with van der Waals surface area (Å²) in [7, 11) is -4.06. The van der Waals surface area contributed by atoms with E-state index in [2.05, 4.69) is 9.71 Å². The van der Waals surface area contributed by atoms with E-state index >= 15 is 0 Å². The third-order valence-electron chi connectivity index (χ3n) is 2.92. The van der Waals surface area contributed by atoms with Crippen molar-refractivity contribution in [3.05, 3.63) is 56.4 Å². The zero-order valence-corrected chi connectivity index (χ0v) is 11.7. The number of aromatic nitrogens is 2. The number of nitrogens with one attached hydrogen (secondary N) is 3. The maximum absolute atomic E-state index is 12.1. The molecule has 2 rings (SSSR count). The van der Waals surface area contributed by atoms with Gasteiger partial charge in [0.15, 0.2) is 4.90 Å². The molecule has 0 bridgehead atoms. The quantitative estimate of drug-likeness (QED) is 0.764. The first-order valence-electron chi connectivity index (χ1n) is 5.72. The average molecular weight is 295 g/mol. The summed E-state index contributed by atoms with van der Waals surface area (Å²) in [6, 6.07) is 5.15. The molecule has 0 aliphatic heterocycles. The zero-order valence-electron chi connectivity index (χ0n) is 10.9. The van der Waals surface area contributed by atoms with Gasteiger partial charge in [-0.05, 0) is 31.0 Å². The van der Waals surface area contributed by atoms with Gasteiger partial charge in [0, 0.05) is 6.20 Å². The maximum atomic E-state index is 12.1. The molecule has 0 saturated heterocycles. The van der Waals surface area contributed by atoms with E-state index in [0.717, 1.165) is 17.3 Å². The monoisotopic (exact) mass is 295 g/mol. The summed E-state index contributed by atoms with van der Waals surface area (Å²) < 4.78 is 26.6. The van der Waals surface area contributed by atoms with Crippen LogP contribution >= 0.6 is 0 Å². The lowest BCUT2D eigenvalue weighted by Crippen LogP contribution is -2.29. The predicted molar refractivity (Wildman–Crippen MR) is 74.4 cm³/mol. The van der Waals surface area contributed by atoms with Gasteiger partial charge in [-0.2, -0.15) is 0 Å². The second-order valence-corrected chi connectivity index (χ2v) is 5.94. The normalized spacial score (nSPS) is 11.3. The molecule has 0 aliphatic rings. The zero-order chi connectivity index (χ0) is 14.9. The number of aryl methyl sites for hydroxylation is 1. The molecule has 0 radical (unpaired) electrons. The Labute approximate surface area is 114 Å². The molecule has 2 aromatic rings. The van der Waals surface area contributed by atoms with Crippen LogP contribution in [0.3, 0.4) is 0 Å². The van der Waals surface area contributed by atoms with Gasteiger partial charge in [0.2, 0.25) is 0 Å². The van der Waals surface area contributed by atoms with Crippen molar-refractivity contribution in [2.75, 3.05) is 4.72 Å². The van der Waals surface area contributed by atoms with Crippen molar-refractivity contribution in [2.24, 2.45) is 0 Å². The van der Waals surface area contributed by atoms with E-state index in [9.17, 15) is 18.0 Å². The number of aromatic amines is 2. The summed E-state index contributed by atoms with van der Waals surface area (Å²) in [4.78, 5) is 25.9. The van der Waals surface area contributed by atoms with Crippen molar-refractivity contribution in [2.45, 2.75) is 18.7 Å². The molecule has 0 amide bonds. The summed E-state index contributed by atoms with van der Waals surface area (Å²) in [6.07, 6.45) is 0.870. The first-order chi connectivity index (χ1) is 9.31. The van der Waals surface area contributed by atoms with Crippen LogP contribution in [0.5, 0.6) is 0 Å². The van der Waals surface area contributed by atoms with E-state index in [-0.39, 0.29) is 0 Å². The topological polar surface area (TPSA) is 112 Å². The van der Waals surface area contributed by atoms with Crippen LogP contribution in [0, 0.1) is 13.8 Å². The van der Waals surface area contributed by atoms with E-state index in [1.807, 2.05) is 18.0 Å². The first kappa shape index (κ1) is 14.1. The Hall–Kier alpha value is -2.35. The SMILES string of the molecule is Cc1cccc(NS(=O)(=O)c2c[nH]c(=O)[nH]c2=O)c1C. The van der Waals surface area contributed by atoms with E-state index < -0.39 is 26.2 Å². The van der Waals surface area contributed by atoms with Gasteiger partial charge in [-0.25, -0.2) is 13.2 Å². The van der Waals surface area contributed by atoms with Gasteiger partial charge in [0.05, 0.1) is 5.69 Å². The highest BCUT2D eigenvalue weighted by Gasteiger charge is 2.19. The molecule has 0 aliphatic carbocycles. The fourth-order valence-corrected chi connectivity index (χ4v) is 2.79. The van der Waals surface area contributed by atoms with E-state index in [1.54, 1.807) is 19.1 Å². The minimum Gasteiger partial charge on any atom is -0.313 e. The standard InChI is InChI=1S/C12H13N3O4S/c1-7-4-3-5-9(8(7)2)15-20(18,19)10-6-13-12(17)14-11(10)16/h3-6,15H,1-2H3,(H2,13,14,16,17). The predicted octanol–water partition coefficient (Wildman–Crippen LogP) is 0.481. The fraction of sp³-hybridized carbons (Fsp3) is 0.167. The van der Waals surface area contributed by atoms with Crippen LogP contribution in [0.2, 0.25) is 0 Å². The van der Waals surface area contributed by atoms with Crippen molar-refractivity contribution in [1.82, 2.24) is 9.97 Å². The largest absolute Gasteiger partial charge is 0.325 e. The van der Waals surface area contributed by atoms with Gasteiger partial charge in [0.1, 0.15) is 0 Å². The molecule has 0 atom stereocenters. The molecule has 0 spiro atoms. The van der Waals surface area contributed by atoms with Crippen LogP contribution < -0.4 is 16.0 Å². The molecule has 106 valence electrons. The van der Waals surface area contributed by atoms with Crippen LogP contribution in [0.1, 0.15) is 11.1 Å². The van der Waals surface area contributed by atoms with Gasteiger partial charge in [-0.3, -0.25) is 14.5 Å². The molecular formula is C12H13N3O4S. The first-order valence-corrected chi connectivity index (χ1v) is 7.20. The molecule has 1 aromatic heterocycles. The van der Waals surface area contributed by atoms with E-state index in [0.29, 0.717) is 5.69 Å². The number of sulfonamides is 1. The number of hydrogen-bond acceptors (Lipinski definition) is 4. The maximum Gasteiger partial charge on any atom is 0.325 e. The highest BCUT2D eigenvalue weighted by atomic mass is 32.2. The summed E-state index contributed by atoms with van der Waals surface area (Å²) in [5.41, 5.74) is 0.334. The van der Waals surface area contributed by atoms with Crippen molar-refractivity contribution in [3.63, 3.8) is 0 Å². The van der Waals surface area contributed by atoms with Crippen molar-refractivity contribution in [1.29, 1.82) is 0 Å². The van der Waals surface area contributed by atoms with Gasteiger partial charge < -0.3 is 4.98 Å². The molecule has 0 unspecified atom stereocenters. The fourth-order valence-electron chi connectivity index (χ4n) is 1.66. The Kier molecular flexibility index (Phi) is 3.49. The van der Waals surface area contributed by atoms with Gasteiger partial charge in [-0.15, -0.1) is 0 Å². The third-order valence-corrected chi connectivity index (χ3v) is 4.29. The second kappa shape index (κ2) is 4.97. The summed E-state index contributed by atoms with van der Waals surface area (Å²) in [6.45, 7) is 3.62. The van der Waals surface area contributed by atoms with E-state index in [4.69, 9.17) is 0 Å². The Balaban J connectivity index is 2.49. The number of benzene rings is 1. The lowest BCUT2D eigenvalue weighted by Gasteiger charge is -2.11. The molecular weight excluding hydrogens is 282 g/mol. The summed E-state index contributed by atoms with van der Waals surface area (Å²) in [5, 5.41) is 0. The molecule has 0 fully saturated rings. The van der Waals surface area contributed by atoms with Crippen LogP contribution in [-0.2, 0) is 10.0 Å². The second-order valence-electron chi connectivity index (χ2n) is 4.29. The van der Waals surface area contributed by atoms with Crippen molar-refractivity contribution in [3.8, 4) is 0 Å². The lowest BCUT2D eigenvalue weighted by atomic mass is 10.1. The summed E-state index contributed by atoms with van der Waals surface area (Å²) in [5.74, 6) is 0. The molecule has 0 saturated carbocycles. The Bertz CT molecular complexity index is 865. The molecule has 20 heavy (non-hydrogen) atoms.